The van der Waals surface area contributed by atoms with E-state index in [0.29, 0.717) is 85.7 Å². The summed E-state index contributed by atoms with van der Waals surface area (Å²) in [6, 6.07) is 0. The lowest BCUT2D eigenvalue weighted by Crippen LogP contribution is -2.15. The van der Waals surface area contributed by atoms with Gasteiger partial charge in [-0.3, -0.25) is 4.79 Å². The second-order valence-electron chi connectivity index (χ2n) is 8.12. The molecule has 0 aliphatic heterocycles. The lowest BCUT2D eigenvalue weighted by Gasteiger charge is -2.08. The highest BCUT2D eigenvalue weighted by Gasteiger charge is 2.02. The minimum atomic E-state index is -0.141. The number of hydrogen-bond acceptors (Lipinski definition) is 8. The van der Waals surface area contributed by atoms with Crippen LogP contribution < -0.4 is 0 Å². The van der Waals surface area contributed by atoms with Crippen molar-refractivity contribution in [3.8, 4) is 0 Å². The zero-order valence-corrected chi connectivity index (χ0v) is 22.0. The first-order chi connectivity index (χ1) is 16.8. The number of unbranched alkanes of at least 4 members (excludes halogenated alkanes) is 7. The van der Waals surface area contributed by atoms with Crippen molar-refractivity contribution in [1.29, 1.82) is 0 Å². The molecule has 0 N–H and O–H groups in total. The van der Waals surface area contributed by atoms with Crippen molar-refractivity contribution >= 4 is 5.97 Å². The molecule has 0 fully saturated rings. The van der Waals surface area contributed by atoms with Gasteiger partial charge < -0.3 is 33.2 Å². The zero-order valence-electron chi connectivity index (χ0n) is 22.0. The number of carbonyl (C=O) groups excluding carboxylic acids is 1. The van der Waals surface area contributed by atoms with E-state index in [4.69, 9.17) is 33.2 Å². The van der Waals surface area contributed by atoms with Crippen molar-refractivity contribution in [2.45, 2.75) is 78.1 Å². The molecule has 0 saturated carbocycles. The number of hydrogen-bond donors (Lipinski definition) is 0. The molecule has 0 aliphatic rings. The highest BCUT2D eigenvalue weighted by Crippen LogP contribution is 2.03. The summed E-state index contributed by atoms with van der Waals surface area (Å²) in [6.45, 7) is 11.4. The maximum atomic E-state index is 11.5. The topological polar surface area (TPSA) is 81.7 Å². The number of esters is 1. The Labute approximate surface area is 208 Å². The van der Waals surface area contributed by atoms with Gasteiger partial charge in [0.15, 0.2) is 0 Å². The van der Waals surface area contributed by atoms with E-state index in [-0.39, 0.29) is 5.97 Å². The molecular weight excluding hydrogens is 440 g/mol. The molecule has 0 aromatic rings. The van der Waals surface area contributed by atoms with E-state index in [0.717, 1.165) is 32.3 Å². The molecule has 8 heteroatoms. The smallest absolute Gasteiger partial charge is 0.305 e. The Bertz CT molecular complexity index is 395. The molecule has 0 amide bonds. The van der Waals surface area contributed by atoms with Crippen LogP contribution in [0.25, 0.3) is 0 Å². The summed E-state index contributed by atoms with van der Waals surface area (Å²) in [4.78, 5) is 11.5. The predicted octanol–water partition coefficient (Wildman–Crippen LogP) is 4.57. The average molecular weight is 493 g/mol. The van der Waals surface area contributed by atoms with E-state index >= 15 is 0 Å². The quantitative estimate of drug-likeness (QED) is 0.111. The maximum absolute atomic E-state index is 11.5. The van der Waals surface area contributed by atoms with Crippen LogP contribution in [0.2, 0.25) is 0 Å². The fourth-order valence-electron chi connectivity index (χ4n) is 2.99. The molecule has 0 radical (unpaired) electrons. The molecule has 0 aromatic heterocycles. The largest absolute Gasteiger partial charge is 0.463 e. The molecule has 0 heterocycles. The lowest BCUT2D eigenvalue weighted by atomic mass is 10.2. The summed E-state index contributed by atoms with van der Waals surface area (Å²) in [6.07, 6.45) is 11.1. The van der Waals surface area contributed by atoms with E-state index in [2.05, 4.69) is 13.8 Å². The van der Waals surface area contributed by atoms with Gasteiger partial charge in [0.2, 0.25) is 0 Å². The second kappa shape index (κ2) is 30.3. The van der Waals surface area contributed by atoms with Crippen LogP contribution >= 0.6 is 0 Å². The Morgan fingerprint density at radius 2 is 0.765 bits per heavy atom. The van der Waals surface area contributed by atoms with Crippen LogP contribution in [0, 0.1) is 0 Å². The van der Waals surface area contributed by atoms with Gasteiger partial charge in [-0.25, -0.2) is 0 Å². The van der Waals surface area contributed by atoms with Crippen molar-refractivity contribution in [3.63, 3.8) is 0 Å². The van der Waals surface area contributed by atoms with Crippen molar-refractivity contribution in [3.05, 3.63) is 0 Å². The highest BCUT2D eigenvalue weighted by atomic mass is 16.6. The first-order valence-electron chi connectivity index (χ1n) is 13.4. The Morgan fingerprint density at radius 1 is 0.412 bits per heavy atom. The molecule has 0 aromatic carbocycles. The van der Waals surface area contributed by atoms with Gasteiger partial charge in [-0.15, -0.1) is 0 Å². The van der Waals surface area contributed by atoms with Crippen molar-refractivity contribution in [1.82, 2.24) is 0 Å². The summed E-state index contributed by atoms with van der Waals surface area (Å²) >= 11 is 0. The number of carbonyl (C=O) groups is 1. The van der Waals surface area contributed by atoms with Gasteiger partial charge in [0.05, 0.1) is 72.7 Å². The van der Waals surface area contributed by atoms with Crippen LogP contribution in [0.15, 0.2) is 0 Å². The molecule has 8 nitrogen and oxygen atoms in total. The fourth-order valence-corrected chi connectivity index (χ4v) is 2.99. The van der Waals surface area contributed by atoms with Gasteiger partial charge in [-0.2, -0.15) is 0 Å². The van der Waals surface area contributed by atoms with Crippen LogP contribution in [0.1, 0.15) is 78.1 Å². The van der Waals surface area contributed by atoms with E-state index in [1.54, 1.807) is 0 Å². The average Bonchev–Trinajstić information content (AvgIpc) is 2.84. The summed E-state index contributed by atoms with van der Waals surface area (Å²) < 4.78 is 37.9. The summed E-state index contributed by atoms with van der Waals surface area (Å²) in [5.41, 5.74) is 0. The molecule has 0 bridgehead atoms. The van der Waals surface area contributed by atoms with Crippen LogP contribution in [0.4, 0.5) is 0 Å². The first-order valence-corrected chi connectivity index (χ1v) is 13.4. The van der Waals surface area contributed by atoms with Crippen LogP contribution in [-0.2, 0) is 38.0 Å². The van der Waals surface area contributed by atoms with Crippen LogP contribution in [-0.4, -0.2) is 91.9 Å². The Kier molecular flexibility index (Phi) is 29.6. The third kappa shape index (κ3) is 29.3. The molecule has 0 spiro atoms. The third-order valence-electron chi connectivity index (χ3n) is 4.98. The lowest BCUT2D eigenvalue weighted by molar-refractivity contribution is -0.145. The molecule has 0 aliphatic carbocycles. The highest BCUT2D eigenvalue weighted by molar-refractivity contribution is 5.69. The van der Waals surface area contributed by atoms with Crippen LogP contribution in [0.5, 0.6) is 0 Å². The minimum absolute atomic E-state index is 0.141. The van der Waals surface area contributed by atoms with Gasteiger partial charge in [0.25, 0.3) is 0 Å². The maximum Gasteiger partial charge on any atom is 0.305 e. The third-order valence-corrected chi connectivity index (χ3v) is 4.98. The Morgan fingerprint density at radius 3 is 1.21 bits per heavy atom. The molecule has 204 valence electrons. The predicted molar refractivity (Wildman–Crippen MR) is 133 cm³/mol. The molecule has 0 unspecified atom stereocenters. The van der Waals surface area contributed by atoms with Gasteiger partial charge in [-0.1, -0.05) is 58.8 Å². The van der Waals surface area contributed by atoms with Crippen molar-refractivity contribution in [2.75, 3.05) is 85.9 Å². The molecule has 0 rings (SSSR count). The molecule has 0 saturated heterocycles. The van der Waals surface area contributed by atoms with Gasteiger partial charge in [-0.05, 0) is 12.8 Å². The second-order valence-corrected chi connectivity index (χ2v) is 8.12. The van der Waals surface area contributed by atoms with Crippen molar-refractivity contribution in [2.24, 2.45) is 0 Å². The van der Waals surface area contributed by atoms with E-state index in [1.165, 1.54) is 32.1 Å². The number of rotatable bonds is 29. The summed E-state index contributed by atoms with van der Waals surface area (Å²) in [7, 11) is 0. The van der Waals surface area contributed by atoms with E-state index < -0.39 is 0 Å². The van der Waals surface area contributed by atoms with E-state index in [9.17, 15) is 4.79 Å². The van der Waals surface area contributed by atoms with Crippen LogP contribution in [0.3, 0.4) is 0 Å². The van der Waals surface area contributed by atoms with Gasteiger partial charge in [0, 0.05) is 13.0 Å². The Balaban J connectivity index is 3.07. The molecular formula is C26H52O8. The molecule has 0 atom stereocenters. The fraction of sp³-hybridized carbons (Fsp3) is 0.962. The zero-order chi connectivity index (χ0) is 24.8. The van der Waals surface area contributed by atoms with E-state index in [1.807, 2.05) is 0 Å². The number of ether oxygens (including phenoxy) is 7. The van der Waals surface area contributed by atoms with Crippen molar-refractivity contribution < 1.29 is 38.0 Å². The minimum Gasteiger partial charge on any atom is -0.463 e. The van der Waals surface area contributed by atoms with Gasteiger partial charge in [0.1, 0.15) is 6.61 Å². The SMILES string of the molecule is CCCCCCCOCCOCCOCCOCCOCCOCCOC(=O)CCCCCC. The monoisotopic (exact) mass is 492 g/mol. The van der Waals surface area contributed by atoms with Gasteiger partial charge >= 0.3 is 5.97 Å². The Hall–Kier alpha value is -0.770. The summed E-state index contributed by atoms with van der Waals surface area (Å²) in [5, 5.41) is 0. The molecule has 34 heavy (non-hydrogen) atoms. The normalized spacial score (nSPS) is 11.2. The standard InChI is InChI=1S/C26H52O8/c1-3-5-7-9-11-13-28-14-15-29-16-17-30-18-19-31-20-21-32-22-23-33-24-25-34-26(27)12-10-8-6-4-2/h3-25H2,1-2H3. The summed E-state index contributed by atoms with van der Waals surface area (Å²) in [5.74, 6) is -0.141. The first kappa shape index (κ1) is 33.2.